The quantitative estimate of drug-likeness (QED) is 0.229. The first kappa shape index (κ1) is 28.1. The third-order valence-electron chi connectivity index (χ3n) is 7.82. The number of hydrogen-bond donors (Lipinski definition) is 0. The predicted molar refractivity (Wildman–Crippen MR) is 158 cm³/mol. The molecule has 7 heteroatoms. The maximum absolute atomic E-state index is 13.9. The van der Waals surface area contributed by atoms with Crippen LogP contribution in [0.1, 0.15) is 76.2 Å². The summed E-state index contributed by atoms with van der Waals surface area (Å²) in [4.78, 5) is 31.0. The van der Waals surface area contributed by atoms with Gasteiger partial charge in [0.1, 0.15) is 29.4 Å². The Morgan fingerprint density at radius 3 is 2.44 bits per heavy atom. The van der Waals surface area contributed by atoms with Crippen LogP contribution < -0.4 is 4.74 Å². The van der Waals surface area contributed by atoms with E-state index in [9.17, 15) is 9.59 Å². The number of esters is 2. The van der Waals surface area contributed by atoms with Crippen LogP contribution in [0.15, 0.2) is 59.0 Å². The first-order valence-electron chi connectivity index (χ1n) is 13.7. The SMILES string of the molecule is COC(=O)c1cc(COC(=O)c2c3c(nc4ccccc24)/C(=C/c2ccc(OC)cc2)CC(C(C)(C)C)C3)oc1C. The lowest BCUT2D eigenvalue weighted by atomic mass is 9.69. The fourth-order valence-electron chi connectivity index (χ4n) is 5.41. The molecule has 2 heterocycles. The molecule has 0 aliphatic heterocycles. The van der Waals surface area contributed by atoms with Crippen LogP contribution in [0.3, 0.4) is 0 Å². The second-order valence-electron chi connectivity index (χ2n) is 11.5. The molecular formula is C34H35NO6. The number of nitrogens with zero attached hydrogens (tertiary/aromatic N) is 1. The van der Waals surface area contributed by atoms with E-state index in [1.54, 1.807) is 20.1 Å². The normalized spacial score (nSPS) is 16.0. The molecule has 2 aromatic heterocycles. The van der Waals surface area contributed by atoms with E-state index in [2.05, 4.69) is 26.8 Å². The van der Waals surface area contributed by atoms with Crippen LogP contribution >= 0.6 is 0 Å². The van der Waals surface area contributed by atoms with E-state index in [-0.39, 0.29) is 17.9 Å². The summed E-state index contributed by atoms with van der Waals surface area (Å²) < 4.78 is 21.6. The monoisotopic (exact) mass is 553 g/mol. The number of ether oxygens (including phenoxy) is 3. The highest BCUT2D eigenvalue weighted by molar-refractivity contribution is 6.06. The number of methoxy groups -OCH3 is 2. The Bertz CT molecular complexity index is 1640. The molecule has 0 saturated heterocycles. The maximum Gasteiger partial charge on any atom is 0.341 e. The molecule has 4 aromatic rings. The van der Waals surface area contributed by atoms with E-state index in [0.717, 1.165) is 45.5 Å². The van der Waals surface area contributed by atoms with E-state index in [1.807, 2.05) is 48.5 Å². The fraction of sp³-hybridized carbons (Fsp3) is 0.324. The molecule has 0 amide bonds. The van der Waals surface area contributed by atoms with Crippen molar-refractivity contribution >= 4 is 34.5 Å². The van der Waals surface area contributed by atoms with Crippen LogP contribution in [0.4, 0.5) is 0 Å². The standard InChI is InChI=1S/C34H35NO6/c1-20-27(32(36)39-6)18-25(41-20)19-40-33(37)30-26-9-7-8-10-29(26)35-31-22(15-21-11-13-24(38-5)14-12-21)16-23(17-28(30)31)34(2,3)4/h7-15,18,23H,16-17,19H2,1-6H3/b22-15+. The molecular weight excluding hydrogens is 518 g/mol. The van der Waals surface area contributed by atoms with Gasteiger partial charge >= 0.3 is 11.9 Å². The zero-order valence-electron chi connectivity index (χ0n) is 24.4. The predicted octanol–water partition coefficient (Wildman–Crippen LogP) is 7.44. The Morgan fingerprint density at radius 1 is 1.02 bits per heavy atom. The first-order valence-corrected chi connectivity index (χ1v) is 13.7. The van der Waals surface area contributed by atoms with Crippen LogP contribution in [-0.2, 0) is 22.5 Å². The van der Waals surface area contributed by atoms with Gasteiger partial charge in [0.2, 0.25) is 0 Å². The summed E-state index contributed by atoms with van der Waals surface area (Å²) in [6.45, 7) is 8.27. The number of fused-ring (bicyclic) bond motifs is 2. The summed E-state index contributed by atoms with van der Waals surface area (Å²) in [5, 5.41) is 0.750. The molecule has 41 heavy (non-hydrogen) atoms. The van der Waals surface area contributed by atoms with Crippen LogP contribution in [0, 0.1) is 18.3 Å². The zero-order valence-corrected chi connectivity index (χ0v) is 24.4. The number of rotatable bonds is 6. The highest BCUT2D eigenvalue weighted by atomic mass is 16.5. The summed E-state index contributed by atoms with van der Waals surface area (Å²) in [5.41, 5.74) is 5.41. The van der Waals surface area contributed by atoms with Crippen molar-refractivity contribution in [3.05, 3.63) is 94.1 Å². The Balaban J connectivity index is 1.59. The highest BCUT2D eigenvalue weighted by Crippen LogP contribution is 2.45. The smallest absolute Gasteiger partial charge is 0.341 e. The van der Waals surface area contributed by atoms with Gasteiger partial charge in [0.25, 0.3) is 0 Å². The average molecular weight is 554 g/mol. The van der Waals surface area contributed by atoms with E-state index in [4.69, 9.17) is 23.6 Å². The van der Waals surface area contributed by atoms with Crippen molar-refractivity contribution < 1.29 is 28.2 Å². The highest BCUT2D eigenvalue weighted by Gasteiger charge is 2.35. The number of para-hydroxylation sites is 1. The number of aromatic nitrogens is 1. The third-order valence-corrected chi connectivity index (χ3v) is 7.82. The van der Waals surface area contributed by atoms with Crippen LogP contribution in [0.5, 0.6) is 5.75 Å². The number of allylic oxidation sites excluding steroid dienone is 1. The molecule has 1 atom stereocenters. The molecule has 0 fully saturated rings. The molecule has 0 radical (unpaired) electrons. The Hall–Kier alpha value is -4.39. The number of aryl methyl sites for hydroxylation is 1. The van der Waals surface area contributed by atoms with Crippen LogP contribution in [-0.4, -0.2) is 31.1 Å². The minimum atomic E-state index is -0.498. The topological polar surface area (TPSA) is 87.9 Å². The fourth-order valence-corrected chi connectivity index (χ4v) is 5.41. The molecule has 1 aliphatic rings. The van der Waals surface area contributed by atoms with Gasteiger partial charge in [-0.1, -0.05) is 51.1 Å². The lowest BCUT2D eigenvalue weighted by molar-refractivity contribution is 0.0443. The van der Waals surface area contributed by atoms with Crippen LogP contribution in [0.2, 0.25) is 0 Å². The summed E-state index contributed by atoms with van der Waals surface area (Å²) in [5.74, 6) is 0.911. The van der Waals surface area contributed by atoms with Crippen molar-refractivity contribution in [2.75, 3.05) is 14.2 Å². The number of pyridine rings is 1. The van der Waals surface area contributed by atoms with Crippen molar-refractivity contribution in [3.8, 4) is 5.75 Å². The Kier molecular flexibility index (Phi) is 7.72. The van der Waals surface area contributed by atoms with E-state index in [1.165, 1.54) is 7.11 Å². The number of furan rings is 1. The van der Waals surface area contributed by atoms with Crippen molar-refractivity contribution in [2.24, 2.45) is 11.3 Å². The van der Waals surface area contributed by atoms with Gasteiger partial charge in [-0.2, -0.15) is 0 Å². The van der Waals surface area contributed by atoms with Gasteiger partial charge in [0.15, 0.2) is 0 Å². The average Bonchev–Trinajstić information content (AvgIpc) is 3.34. The third kappa shape index (κ3) is 5.75. The number of carbonyl (C=O) groups excluding carboxylic acids is 2. The van der Waals surface area contributed by atoms with Crippen molar-refractivity contribution in [1.29, 1.82) is 0 Å². The number of benzene rings is 2. The molecule has 0 bridgehead atoms. The van der Waals surface area contributed by atoms with Crippen LogP contribution in [0.25, 0.3) is 22.6 Å². The summed E-state index contributed by atoms with van der Waals surface area (Å²) >= 11 is 0. The first-order chi connectivity index (χ1) is 19.6. The maximum atomic E-state index is 13.9. The molecule has 1 unspecified atom stereocenters. The summed E-state index contributed by atoms with van der Waals surface area (Å²) in [6, 6.07) is 17.2. The number of carbonyl (C=O) groups is 2. The summed E-state index contributed by atoms with van der Waals surface area (Å²) in [6.07, 6.45) is 3.70. The molecule has 0 spiro atoms. The van der Waals surface area contributed by atoms with Gasteiger partial charge < -0.3 is 18.6 Å². The molecule has 2 aromatic carbocycles. The van der Waals surface area contributed by atoms with Gasteiger partial charge in [0, 0.05) is 5.39 Å². The van der Waals surface area contributed by atoms with Crippen molar-refractivity contribution in [3.63, 3.8) is 0 Å². The van der Waals surface area contributed by atoms with Gasteiger partial charge in [-0.05, 0) is 78.1 Å². The lowest BCUT2D eigenvalue weighted by Gasteiger charge is -2.36. The van der Waals surface area contributed by atoms with E-state index < -0.39 is 11.9 Å². The van der Waals surface area contributed by atoms with Crippen molar-refractivity contribution in [2.45, 2.75) is 47.1 Å². The molecule has 212 valence electrons. The minimum Gasteiger partial charge on any atom is -0.497 e. The molecule has 0 N–H and O–H groups in total. The van der Waals surface area contributed by atoms with E-state index >= 15 is 0 Å². The van der Waals surface area contributed by atoms with E-state index in [0.29, 0.717) is 29.1 Å². The lowest BCUT2D eigenvalue weighted by Crippen LogP contribution is -2.28. The minimum absolute atomic E-state index is 0.000506. The Labute approximate surface area is 240 Å². The van der Waals surface area contributed by atoms with Gasteiger partial charge in [-0.15, -0.1) is 0 Å². The van der Waals surface area contributed by atoms with Gasteiger partial charge in [0.05, 0.1) is 31.0 Å². The second kappa shape index (κ2) is 11.2. The van der Waals surface area contributed by atoms with Gasteiger partial charge in [-0.3, -0.25) is 0 Å². The van der Waals surface area contributed by atoms with Crippen molar-refractivity contribution in [1.82, 2.24) is 4.98 Å². The number of hydrogen-bond acceptors (Lipinski definition) is 7. The Morgan fingerprint density at radius 2 is 1.76 bits per heavy atom. The van der Waals surface area contributed by atoms with Gasteiger partial charge in [-0.25, -0.2) is 14.6 Å². The molecule has 7 nitrogen and oxygen atoms in total. The summed E-state index contributed by atoms with van der Waals surface area (Å²) in [7, 11) is 2.97. The zero-order chi connectivity index (χ0) is 29.3. The molecule has 5 rings (SSSR count). The molecule has 1 aliphatic carbocycles. The second-order valence-corrected chi connectivity index (χ2v) is 11.5. The molecule has 0 saturated carbocycles. The largest absolute Gasteiger partial charge is 0.497 e.